The van der Waals surface area contributed by atoms with E-state index in [0.29, 0.717) is 0 Å². The van der Waals surface area contributed by atoms with Crippen molar-refractivity contribution in [2.24, 2.45) is 0 Å². The lowest BCUT2D eigenvalue weighted by atomic mass is 10.2. The highest BCUT2D eigenvalue weighted by Crippen LogP contribution is 2.26. The third kappa shape index (κ3) is 1.06. The molecule has 0 unspecified atom stereocenters. The molecular formula is C9H6N2S. The number of hydrogen-bond acceptors (Lipinski definition) is 2. The largest absolute Gasteiger partial charge is 0.360 e. The molecule has 0 atom stereocenters. The van der Waals surface area contributed by atoms with Crippen molar-refractivity contribution >= 4 is 22.7 Å². The maximum absolute atomic E-state index is 8.50. The number of benzene rings is 1. The zero-order valence-electron chi connectivity index (χ0n) is 6.24. The second-order valence-corrected chi connectivity index (χ2v) is 3.22. The molecule has 58 valence electrons. The van der Waals surface area contributed by atoms with Crippen molar-refractivity contribution in [1.29, 1.82) is 5.26 Å². The van der Waals surface area contributed by atoms with Gasteiger partial charge in [0.15, 0.2) is 0 Å². The van der Waals surface area contributed by atoms with Crippen LogP contribution in [0.5, 0.6) is 0 Å². The molecule has 0 radical (unpaired) electrons. The molecule has 1 aromatic heterocycles. The molecule has 3 heteroatoms. The molecule has 0 aliphatic carbocycles. The van der Waals surface area contributed by atoms with Crippen LogP contribution in [0, 0.1) is 10.7 Å². The predicted octanol–water partition coefficient (Wildman–Crippen LogP) is 2.74. The van der Waals surface area contributed by atoms with Crippen LogP contribution < -0.4 is 0 Å². The zero-order chi connectivity index (χ0) is 8.39. The third-order valence-corrected chi connectivity index (χ3v) is 2.36. The average Bonchev–Trinajstić information content (AvgIpc) is 2.50. The number of para-hydroxylation sites is 1. The van der Waals surface area contributed by atoms with Crippen LogP contribution >= 0.6 is 11.8 Å². The second-order valence-electron chi connectivity index (χ2n) is 2.39. The van der Waals surface area contributed by atoms with Crippen LogP contribution in [0.1, 0.15) is 0 Å². The first kappa shape index (κ1) is 7.26. The van der Waals surface area contributed by atoms with Crippen molar-refractivity contribution in [2.45, 2.75) is 4.90 Å². The van der Waals surface area contributed by atoms with Crippen molar-refractivity contribution < 1.29 is 0 Å². The highest BCUT2D eigenvalue weighted by Gasteiger charge is 2.01. The molecule has 0 spiro atoms. The van der Waals surface area contributed by atoms with Gasteiger partial charge in [-0.15, -0.1) is 0 Å². The summed E-state index contributed by atoms with van der Waals surface area (Å²) in [5.41, 5.74) is 1.08. The van der Waals surface area contributed by atoms with Crippen LogP contribution in [0.25, 0.3) is 10.9 Å². The number of aromatic amines is 1. The van der Waals surface area contributed by atoms with Crippen LogP contribution in [-0.4, -0.2) is 4.98 Å². The molecule has 1 N–H and O–H groups in total. The lowest BCUT2D eigenvalue weighted by Crippen LogP contribution is -1.64. The summed E-state index contributed by atoms with van der Waals surface area (Å²) in [4.78, 5) is 4.09. The summed E-state index contributed by atoms with van der Waals surface area (Å²) in [5.74, 6) is 0. The first-order valence-corrected chi connectivity index (χ1v) is 4.35. The number of rotatable bonds is 1. The molecule has 1 heterocycles. The summed E-state index contributed by atoms with van der Waals surface area (Å²) < 4.78 is 0. The van der Waals surface area contributed by atoms with E-state index in [2.05, 4.69) is 10.4 Å². The summed E-state index contributed by atoms with van der Waals surface area (Å²) in [7, 11) is 0. The normalized spacial score (nSPS) is 9.92. The second kappa shape index (κ2) is 2.92. The average molecular weight is 174 g/mol. The van der Waals surface area contributed by atoms with E-state index in [4.69, 9.17) is 5.26 Å². The van der Waals surface area contributed by atoms with Gasteiger partial charge >= 0.3 is 0 Å². The van der Waals surface area contributed by atoms with Crippen LogP contribution in [0.4, 0.5) is 0 Å². The fraction of sp³-hybridized carbons (Fsp3) is 0. The van der Waals surface area contributed by atoms with Crippen LogP contribution in [0.15, 0.2) is 35.4 Å². The van der Waals surface area contributed by atoms with Gasteiger partial charge in [0.25, 0.3) is 0 Å². The van der Waals surface area contributed by atoms with E-state index in [1.165, 1.54) is 11.8 Å². The fourth-order valence-corrected chi connectivity index (χ4v) is 1.68. The summed E-state index contributed by atoms with van der Waals surface area (Å²) in [5, 5.41) is 11.7. The maximum Gasteiger partial charge on any atom is 0.138 e. The maximum atomic E-state index is 8.50. The van der Waals surface area contributed by atoms with E-state index in [1.54, 1.807) is 0 Å². The quantitative estimate of drug-likeness (QED) is 0.533. The lowest BCUT2D eigenvalue weighted by Gasteiger charge is -1.88. The Morgan fingerprint density at radius 3 is 3.00 bits per heavy atom. The van der Waals surface area contributed by atoms with Crippen molar-refractivity contribution in [1.82, 2.24) is 4.98 Å². The molecule has 2 aromatic rings. The van der Waals surface area contributed by atoms with Gasteiger partial charge in [0.1, 0.15) is 5.40 Å². The van der Waals surface area contributed by atoms with E-state index < -0.39 is 0 Å². The van der Waals surface area contributed by atoms with Crippen LogP contribution in [0.2, 0.25) is 0 Å². The Kier molecular flexibility index (Phi) is 1.77. The summed E-state index contributed by atoms with van der Waals surface area (Å²) in [6.45, 7) is 0. The molecule has 12 heavy (non-hydrogen) atoms. The Morgan fingerprint density at radius 1 is 1.33 bits per heavy atom. The van der Waals surface area contributed by atoms with Gasteiger partial charge in [0.05, 0.1) is 0 Å². The monoisotopic (exact) mass is 174 g/mol. The fourth-order valence-electron chi connectivity index (χ4n) is 1.18. The van der Waals surface area contributed by atoms with Gasteiger partial charge in [-0.3, -0.25) is 0 Å². The molecule has 0 aliphatic heterocycles. The first-order chi connectivity index (χ1) is 5.92. The number of nitrogens with zero attached hydrogens (tertiary/aromatic N) is 1. The van der Waals surface area contributed by atoms with E-state index in [0.717, 1.165) is 15.8 Å². The molecule has 0 amide bonds. The smallest absolute Gasteiger partial charge is 0.138 e. The summed E-state index contributed by atoms with van der Waals surface area (Å²) in [6.07, 6.45) is 1.86. The highest BCUT2D eigenvalue weighted by molar-refractivity contribution is 8.04. The Balaban J connectivity index is 2.64. The molecule has 2 rings (SSSR count). The van der Waals surface area contributed by atoms with Gasteiger partial charge in [0, 0.05) is 22.0 Å². The Bertz CT molecular complexity index is 439. The molecular weight excluding hydrogens is 168 g/mol. The van der Waals surface area contributed by atoms with Crippen LogP contribution in [0.3, 0.4) is 0 Å². The van der Waals surface area contributed by atoms with Crippen LogP contribution in [-0.2, 0) is 0 Å². The number of fused-ring (bicyclic) bond motifs is 1. The van der Waals surface area contributed by atoms with Gasteiger partial charge < -0.3 is 4.98 Å². The summed E-state index contributed by atoms with van der Waals surface area (Å²) in [6, 6.07) is 7.94. The Hall–Kier alpha value is -1.40. The van der Waals surface area contributed by atoms with Crippen molar-refractivity contribution in [3.05, 3.63) is 30.5 Å². The molecule has 0 aliphatic rings. The van der Waals surface area contributed by atoms with E-state index in [1.807, 2.05) is 30.5 Å². The van der Waals surface area contributed by atoms with Gasteiger partial charge in [-0.1, -0.05) is 18.2 Å². The number of nitriles is 1. The highest BCUT2D eigenvalue weighted by atomic mass is 32.2. The first-order valence-electron chi connectivity index (χ1n) is 3.54. The number of aromatic nitrogens is 1. The molecule has 0 bridgehead atoms. The molecule has 1 aromatic carbocycles. The predicted molar refractivity (Wildman–Crippen MR) is 49.8 cm³/mol. The molecule has 0 fully saturated rings. The van der Waals surface area contributed by atoms with E-state index in [9.17, 15) is 0 Å². The van der Waals surface area contributed by atoms with Gasteiger partial charge in [-0.25, -0.2) is 0 Å². The molecule has 0 saturated carbocycles. The molecule has 2 nitrogen and oxygen atoms in total. The Morgan fingerprint density at radius 2 is 2.17 bits per heavy atom. The zero-order valence-corrected chi connectivity index (χ0v) is 7.06. The molecule has 0 saturated heterocycles. The topological polar surface area (TPSA) is 39.6 Å². The minimum atomic E-state index is 0.994. The third-order valence-electron chi connectivity index (χ3n) is 1.71. The summed E-state index contributed by atoms with van der Waals surface area (Å²) >= 11 is 1.19. The van der Waals surface area contributed by atoms with E-state index in [-0.39, 0.29) is 0 Å². The van der Waals surface area contributed by atoms with Gasteiger partial charge in [-0.05, 0) is 17.8 Å². The minimum absolute atomic E-state index is 0.994. The number of thiocyanates is 1. The minimum Gasteiger partial charge on any atom is -0.360 e. The number of thioether (sulfide) groups is 1. The van der Waals surface area contributed by atoms with Gasteiger partial charge in [-0.2, -0.15) is 5.26 Å². The number of nitrogens with one attached hydrogen (secondary N) is 1. The number of H-pyrrole nitrogens is 1. The van der Waals surface area contributed by atoms with E-state index >= 15 is 0 Å². The van der Waals surface area contributed by atoms with Crippen molar-refractivity contribution in [2.75, 3.05) is 0 Å². The lowest BCUT2D eigenvalue weighted by molar-refractivity contribution is 1.42. The SMILES string of the molecule is N#CSc1c[nH]c2ccccc12. The Labute approximate surface area is 74.2 Å². The van der Waals surface area contributed by atoms with Gasteiger partial charge in [0.2, 0.25) is 0 Å². The number of hydrogen-bond donors (Lipinski definition) is 1. The standard InChI is InChI=1S/C9H6N2S/c10-6-12-9-5-11-8-4-2-1-3-7(8)9/h1-5,11H. The van der Waals surface area contributed by atoms with Crippen molar-refractivity contribution in [3.63, 3.8) is 0 Å². The van der Waals surface area contributed by atoms with Crippen molar-refractivity contribution in [3.8, 4) is 5.40 Å².